The molecular weight excluding hydrogens is 807 g/mol. The molecule has 210 valence electrons. The van der Waals surface area contributed by atoms with Gasteiger partial charge in [0.1, 0.15) is 18.4 Å². The SMILES string of the molecule is CCOC(=O)C1=C(C)N=c2s/c(=C\c3cc(Br)cc(I)c3OCc3ccc(Br)cc3)c(=O)n2[C@@H]1c1ccccc1Cl. The minimum Gasteiger partial charge on any atom is -0.487 e. The van der Waals surface area contributed by atoms with Gasteiger partial charge in [-0.2, -0.15) is 0 Å². The van der Waals surface area contributed by atoms with Crippen LogP contribution in [0.1, 0.15) is 36.6 Å². The Kier molecular flexibility index (Phi) is 9.54. The Morgan fingerprint density at radius 2 is 1.88 bits per heavy atom. The monoisotopic (exact) mass is 826 g/mol. The van der Waals surface area contributed by atoms with Crippen molar-refractivity contribution >= 4 is 89.4 Å². The Morgan fingerprint density at radius 3 is 2.59 bits per heavy atom. The van der Waals surface area contributed by atoms with E-state index in [4.69, 9.17) is 21.1 Å². The molecule has 6 nitrogen and oxygen atoms in total. The fourth-order valence-electron chi connectivity index (χ4n) is 4.50. The van der Waals surface area contributed by atoms with E-state index in [0.717, 1.165) is 23.6 Å². The molecule has 0 amide bonds. The molecule has 1 atom stereocenters. The molecule has 1 aliphatic heterocycles. The summed E-state index contributed by atoms with van der Waals surface area (Å²) in [5.41, 5.74) is 2.85. The van der Waals surface area contributed by atoms with Crippen LogP contribution in [0, 0.1) is 3.57 Å². The first-order valence-electron chi connectivity index (χ1n) is 12.5. The lowest BCUT2D eigenvalue weighted by molar-refractivity contribution is -0.139. The molecule has 0 bridgehead atoms. The zero-order chi connectivity index (χ0) is 29.3. The van der Waals surface area contributed by atoms with Crippen LogP contribution in [-0.2, 0) is 16.1 Å². The van der Waals surface area contributed by atoms with Crippen LogP contribution >= 0.6 is 77.4 Å². The molecule has 2 heterocycles. The van der Waals surface area contributed by atoms with Gasteiger partial charge in [0.15, 0.2) is 4.80 Å². The maximum absolute atomic E-state index is 14.0. The van der Waals surface area contributed by atoms with Crippen molar-refractivity contribution < 1.29 is 14.3 Å². The summed E-state index contributed by atoms with van der Waals surface area (Å²) in [6, 6.07) is 18.2. The van der Waals surface area contributed by atoms with E-state index < -0.39 is 12.0 Å². The minimum absolute atomic E-state index is 0.194. The molecule has 1 aromatic heterocycles. The molecule has 5 rings (SSSR count). The number of hydrogen-bond donors (Lipinski definition) is 0. The number of fused-ring (bicyclic) bond motifs is 1. The van der Waals surface area contributed by atoms with Crippen molar-refractivity contribution in [1.82, 2.24) is 4.57 Å². The third kappa shape index (κ3) is 6.41. The van der Waals surface area contributed by atoms with Gasteiger partial charge < -0.3 is 9.47 Å². The van der Waals surface area contributed by atoms with Crippen LogP contribution in [0.15, 0.2) is 90.7 Å². The summed E-state index contributed by atoms with van der Waals surface area (Å²) in [4.78, 5) is 32.3. The first kappa shape index (κ1) is 30.2. The summed E-state index contributed by atoms with van der Waals surface area (Å²) in [7, 11) is 0. The Labute approximate surface area is 275 Å². The van der Waals surface area contributed by atoms with E-state index in [-0.39, 0.29) is 17.7 Å². The number of ether oxygens (including phenoxy) is 2. The van der Waals surface area contributed by atoms with Gasteiger partial charge in [-0.25, -0.2) is 9.79 Å². The number of thiazole rings is 1. The molecule has 0 saturated carbocycles. The summed E-state index contributed by atoms with van der Waals surface area (Å²) in [6.45, 7) is 4.04. The topological polar surface area (TPSA) is 69.9 Å². The van der Waals surface area contributed by atoms with Crippen molar-refractivity contribution in [3.63, 3.8) is 0 Å². The maximum Gasteiger partial charge on any atom is 0.338 e. The maximum atomic E-state index is 14.0. The normalized spacial score (nSPS) is 15.0. The van der Waals surface area contributed by atoms with Crippen LogP contribution in [0.5, 0.6) is 5.75 Å². The van der Waals surface area contributed by atoms with E-state index in [1.807, 2.05) is 48.5 Å². The highest BCUT2D eigenvalue weighted by atomic mass is 127. The summed E-state index contributed by atoms with van der Waals surface area (Å²) >= 11 is 17.1. The van der Waals surface area contributed by atoms with Crippen LogP contribution in [0.3, 0.4) is 0 Å². The molecule has 3 aromatic carbocycles. The van der Waals surface area contributed by atoms with Crippen molar-refractivity contribution in [2.75, 3.05) is 6.61 Å². The number of esters is 1. The van der Waals surface area contributed by atoms with Gasteiger partial charge in [0, 0.05) is 19.5 Å². The average Bonchev–Trinajstić information content (AvgIpc) is 3.23. The van der Waals surface area contributed by atoms with Crippen LogP contribution in [0.25, 0.3) is 6.08 Å². The number of carbonyl (C=O) groups excluding carboxylic acids is 1. The lowest BCUT2D eigenvalue weighted by Gasteiger charge is -2.25. The van der Waals surface area contributed by atoms with Crippen molar-refractivity contribution in [3.05, 3.63) is 126 Å². The number of hydrogen-bond acceptors (Lipinski definition) is 6. The largest absolute Gasteiger partial charge is 0.487 e. The first-order valence-corrected chi connectivity index (χ1v) is 16.3. The standard InChI is InChI=1S/C30H22Br2ClIN2O4S/c1-3-39-29(38)25-16(2)35-30-36(26(25)21-6-4-5-7-22(21)33)28(37)24(41-30)13-18-12-20(32)14-23(34)27(18)40-15-17-8-10-19(31)11-9-17/h4-14,26H,3,15H2,1-2H3/b24-13-/t26-/m1/s1. The molecule has 0 aliphatic carbocycles. The van der Waals surface area contributed by atoms with Crippen molar-refractivity contribution in [2.45, 2.75) is 26.5 Å². The van der Waals surface area contributed by atoms with Gasteiger partial charge in [0.05, 0.1) is 26.0 Å². The second-order valence-electron chi connectivity index (χ2n) is 9.04. The fourth-order valence-corrected chi connectivity index (χ4v) is 7.75. The number of benzene rings is 3. The third-order valence-electron chi connectivity index (χ3n) is 6.34. The molecule has 4 aromatic rings. The Balaban J connectivity index is 1.65. The highest BCUT2D eigenvalue weighted by Crippen LogP contribution is 2.35. The second-order valence-corrected chi connectivity index (χ2v) is 13.5. The van der Waals surface area contributed by atoms with Gasteiger partial charge >= 0.3 is 5.97 Å². The van der Waals surface area contributed by atoms with Crippen molar-refractivity contribution in [1.29, 1.82) is 0 Å². The van der Waals surface area contributed by atoms with Gasteiger partial charge in [-0.1, -0.05) is 85.1 Å². The molecule has 41 heavy (non-hydrogen) atoms. The summed E-state index contributed by atoms with van der Waals surface area (Å²) in [6.07, 6.45) is 1.81. The molecule has 1 aliphatic rings. The zero-order valence-corrected chi connectivity index (χ0v) is 28.7. The predicted molar refractivity (Wildman–Crippen MR) is 177 cm³/mol. The van der Waals surface area contributed by atoms with Gasteiger partial charge in [0.2, 0.25) is 0 Å². The predicted octanol–water partition coefficient (Wildman–Crippen LogP) is 7.16. The summed E-state index contributed by atoms with van der Waals surface area (Å²) in [5.74, 6) is 0.131. The number of rotatable bonds is 7. The fraction of sp³-hybridized carbons (Fsp3) is 0.167. The average molecular weight is 829 g/mol. The lowest BCUT2D eigenvalue weighted by Crippen LogP contribution is -2.40. The molecule has 0 fully saturated rings. The highest BCUT2D eigenvalue weighted by Gasteiger charge is 2.34. The molecule has 0 saturated heterocycles. The van der Waals surface area contributed by atoms with E-state index in [1.54, 1.807) is 32.1 Å². The van der Waals surface area contributed by atoms with Gasteiger partial charge in [-0.05, 0) is 84.0 Å². The van der Waals surface area contributed by atoms with Crippen LogP contribution in [-0.4, -0.2) is 17.1 Å². The third-order valence-corrected chi connectivity index (χ3v) is 9.45. The molecule has 0 spiro atoms. The van der Waals surface area contributed by atoms with Crippen LogP contribution in [0.2, 0.25) is 5.02 Å². The summed E-state index contributed by atoms with van der Waals surface area (Å²) < 4.78 is 16.4. The number of carbonyl (C=O) groups is 1. The van der Waals surface area contributed by atoms with Crippen molar-refractivity contribution in [3.8, 4) is 5.75 Å². The lowest BCUT2D eigenvalue weighted by atomic mass is 9.96. The Bertz CT molecular complexity index is 1870. The van der Waals surface area contributed by atoms with Crippen LogP contribution in [0.4, 0.5) is 0 Å². The van der Waals surface area contributed by atoms with Gasteiger partial charge in [0.25, 0.3) is 5.56 Å². The zero-order valence-electron chi connectivity index (χ0n) is 21.8. The molecule has 11 heteroatoms. The molecular formula is C30H22Br2ClIN2O4S. The number of aromatic nitrogens is 1. The molecule has 0 radical (unpaired) electrons. The van der Waals surface area contributed by atoms with Gasteiger partial charge in [-0.3, -0.25) is 9.36 Å². The second kappa shape index (κ2) is 12.9. The van der Waals surface area contributed by atoms with E-state index in [9.17, 15) is 9.59 Å². The smallest absolute Gasteiger partial charge is 0.338 e. The minimum atomic E-state index is -0.781. The van der Waals surface area contributed by atoms with E-state index in [0.29, 0.717) is 38.0 Å². The first-order chi connectivity index (χ1) is 19.7. The van der Waals surface area contributed by atoms with E-state index in [1.165, 1.54) is 15.9 Å². The van der Waals surface area contributed by atoms with Gasteiger partial charge in [-0.15, -0.1) is 0 Å². The van der Waals surface area contributed by atoms with Crippen molar-refractivity contribution in [2.24, 2.45) is 4.99 Å². The number of nitrogens with zero attached hydrogens (tertiary/aromatic N) is 2. The Morgan fingerprint density at radius 1 is 1.15 bits per heavy atom. The summed E-state index contributed by atoms with van der Waals surface area (Å²) in [5, 5.41) is 0.439. The van der Waals surface area contributed by atoms with E-state index in [2.05, 4.69) is 59.4 Å². The molecule has 0 unspecified atom stereocenters. The Hall–Kier alpha value is -2.25. The van der Waals surface area contributed by atoms with Crippen LogP contribution < -0.4 is 19.6 Å². The van der Waals surface area contributed by atoms with E-state index >= 15 is 0 Å². The number of allylic oxidation sites excluding steroid dienone is 1. The highest BCUT2D eigenvalue weighted by molar-refractivity contribution is 14.1. The quantitative estimate of drug-likeness (QED) is 0.147. The molecule has 0 N–H and O–H groups in total. The number of halogens is 4.